The van der Waals surface area contributed by atoms with E-state index in [2.05, 4.69) is 0 Å². The number of nitrogens with two attached hydrogens (primary N) is 1. The van der Waals surface area contributed by atoms with E-state index in [4.69, 9.17) is 17.3 Å². The van der Waals surface area contributed by atoms with Crippen LogP contribution >= 0.6 is 11.6 Å². The van der Waals surface area contributed by atoms with Crippen LogP contribution in [0.3, 0.4) is 0 Å². The molecule has 0 atom stereocenters. The number of benzene rings is 1. The topological polar surface area (TPSA) is 26.0 Å². The Balaban J connectivity index is 3.38. The van der Waals surface area contributed by atoms with Crippen molar-refractivity contribution in [1.82, 2.24) is 0 Å². The molecule has 0 heterocycles. The summed E-state index contributed by atoms with van der Waals surface area (Å²) < 4.78 is 37.0. The molecule has 0 aromatic heterocycles. The smallest absolute Gasteiger partial charge is 0.398 e. The lowest BCUT2D eigenvalue weighted by Gasteiger charge is -2.12. The first kappa shape index (κ1) is 10.2. The zero-order valence-electron chi connectivity index (χ0n) is 6.74. The molecule has 0 saturated heterocycles. The molecule has 0 radical (unpaired) electrons. The summed E-state index contributed by atoms with van der Waals surface area (Å²) in [6, 6.07) is 2.33. The Bertz CT molecular complexity index is 310. The van der Waals surface area contributed by atoms with Gasteiger partial charge in [0.15, 0.2) is 0 Å². The zero-order valence-corrected chi connectivity index (χ0v) is 7.50. The molecule has 0 spiro atoms. The van der Waals surface area contributed by atoms with E-state index in [0.717, 1.165) is 6.07 Å². The largest absolute Gasteiger partial charge is 0.418 e. The Morgan fingerprint density at radius 2 is 1.85 bits per heavy atom. The van der Waals surface area contributed by atoms with Crippen LogP contribution in [0.5, 0.6) is 0 Å². The highest BCUT2D eigenvalue weighted by atomic mass is 35.5. The zero-order chi connectivity index (χ0) is 10.2. The summed E-state index contributed by atoms with van der Waals surface area (Å²) in [5.74, 6) is 0. The fourth-order valence-electron chi connectivity index (χ4n) is 1.16. The van der Waals surface area contributed by atoms with E-state index in [1.807, 2.05) is 0 Å². The number of hydrogen-bond acceptors (Lipinski definition) is 1. The Morgan fingerprint density at radius 1 is 1.31 bits per heavy atom. The minimum Gasteiger partial charge on any atom is -0.398 e. The summed E-state index contributed by atoms with van der Waals surface area (Å²) >= 11 is 5.52. The molecule has 1 aromatic rings. The van der Waals surface area contributed by atoms with Crippen molar-refractivity contribution in [2.45, 2.75) is 13.1 Å². The molecule has 0 bridgehead atoms. The number of nitrogen functional groups attached to an aromatic ring is 1. The second kappa shape index (κ2) is 3.10. The molecule has 0 fully saturated rings. The fourth-order valence-corrected chi connectivity index (χ4v) is 1.44. The molecule has 1 aromatic carbocycles. The summed E-state index contributed by atoms with van der Waals surface area (Å²) in [4.78, 5) is 0. The van der Waals surface area contributed by atoms with E-state index < -0.39 is 11.7 Å². The van der Waals surface area contributed by atoms with E-state index >= 15 is 0 Å². The summed E-state index contributed by atoms with van der Waals surface area (Å²) in [7, 11) is 0. The van der Waals surface area contributed by atoms with Crippen molar-refractivity contribution in [2.75, 3.05) is 5.73 Å². The maximum absolute atomic E-state index is 12.3. The fraction of sp³-hybridized carbons (Fsp3) is 0.250. The van der Waals surface area contributed by atoms with Gasteiger partial charge < -0.3 is 5.73 Å². The van der Waals surface area contributed by atoms with Crippen molar-refractivity contribution in [3.63, 3.8) is 0 Å². The van der Waals surface area contributed by atoms with Crippen molar-refractivity contribution in [2.24, 2.45) is 0 Å². The number of anilines is 1. The molecule has 0 unspecified atom stereocenters. The average Bonchev–Trinajstić information content (AvgIpc) is 1.78. The highest BCUT2D eigenvalue weighted by Gasteiger charge is 2.34. The van der Waals surface area contributed by atoms with Crippen LogP contribution in [0.4, 0.5) is 18.9 Å². The first-order valence-electron chi connectivity index (χ1n) is 3.45. The van der Waals surface area contributed by atoms with E-state index in [9.17, 15) is 13.2 Å². The van der Waals surface area contributed by atoms with Gasteiger partial charge in [0.1, 0.15) is 0 Å². The van der Waals surface area contributed by atoms with Gasteiger partial charge in [-0.25, -0.2) is 0 Å². The molecular formula is C8H7ClF3N. The second-order valence-corrected chi connectivity index (χ2v) is 3.12. The molecule has 0 amide bonds. The van der Waals surface area contributed by atoms with E-state index in [-0.39, 0.29) is 16.3 Å². The third-order valence-electron chi connectivity index (χ3n) is 1.61. The first-order valence-corrected chi connectivity index (χ1v) is 3.83. The summed E-state index contributed by atoms with van der Waals surface area (Å²) in [5.41, 5.74) is 4.10. The number of hydrogen-bond donors (Lipinski definition) is 1. The van der Waals surface area contributed by atoms with Gasteiger partial charge in [-0.1, -0.05) is 11.6 Å². The van der Waals surface area contributed by atoms with Gasteiger partial charge in [-0.05, 0) is 24.6 Å². The van der Waals surface area contributed by atoms with Crippen LogP contribution in [0, 0.1) is 6.92 Å². The Labute approximate surface area is 78.3 Å². The lowest BCUT2D eigenvalue weighted by Crippen LogP contribution is -2.11. The molecule has 0 aliphatic rings. The second-order valence-electron chi connectivity index (χ2n) is 2.68. The lowest BCUT2D eigenvalue weighted by molar-refractivity contribution is -0.137. The molecular weight excluding hydrogens is 203 g/mol. The summed E-state index contributed by atoms with van der Waals surface area (Å²) in [6.07, 6.45) is -4.42. The van der Waals surface area contributed by atoms with Crippen LogP contribution in [0.1, 0.15) is 11.1 Å². The van der Waals surface area contributed by atoms with Crippen LogP contribution in [-0.4, -0.2) is 0 Å². The monoisotopic (exact) mass is 209 g/mol. The van der Waals surface area contributed by atoms with Gasteiger partial charge >= 0.3 is 6.18 Å². The minimum absolute atomic E-state index is 0.0394. The minimum atomic E-state index is -4.42. The van der Waals surface area contributed by atoms with Crippen molar-refractivity contribution in [3.8, 4) is 0 Å². The SMILES string of the molecule is Cc1cc(Cl)cc(N)c1C(F)(F)F. The van der Waals surface area contributed by atoms with Gasteiger partial charge in [-0.3, -0.25) is 0 Å². The third kappa shape index (κ3) is 2.06. The lowest BCUT2D eigenvalue weighted by atomic mass is 10.1. The van der Waals surface area contributed by atoms with Gasteiger partial charge in [0, 0.05) is 10.7 Å². The number of rotatable bonds is 0. The van der Waals surface area contributed by atoms with Gasteiger partial charge in [-0.2, -0.15) is 13.2 Å². The average molecular weight is 210 g/mol. The molecule has 0 aliphatic heterocycles. The third-order valence-corrected chi connectivity index (χ3v) is 1.83. The van der Waals surface area contributed by atoms with E-state index in [1.165, 1.54) is 13.0 Å². The van der Waals surface area contributed by atoms with Crippen LogP contribution in [0.25, 0.3) is 0 Å². The maximum Gasteiger partial charge on any atom is 0.418 e. The molecule has 2 N–H and O–H groups in total. The number of alkyl halides is 3. The van der Waals surface area contributed by atoms with Gasteiger partial charge in [-0.15, -0.1) is 0 Å². The van der Waals surface area contributed by atoms with Crippen LogP contribution < -0.4 is 5.73 Å². The first-order chi connectivity index (χ1) is 5.82. The van der Waals surface area contributed by atoms with Gasteiger partial charge in [0.05, 0.1) is 5.56 Å². The van der Waals surface area contributed by atoms with Crippen molar-refractivity contribution in [1.29, 1.82) is 0 Å². The van der Waals surface area contributed by atoms with Gasteiger partial charge in [0.2, 0.25) is 0 Å². The Hall–Kier alpha value is -0.900. The van der Waals surface area contributed by atoms with Gasteiger partial charge in [0.25, 0.3) is 0 Å². The molecule has 0 saturated carbocycles. The van der Waals surface area contributed by atoms with E-state index in [0.29, 0.717) is 0 Å². The van der Waals surface area contributed by atoms with Crippen LogP contribution in [-0.2, 0) is 6.18 Å². The molecule has 72 valence electrons. The predicted octanol–water partition coefficient (Wildman–Crippen LogP) is 3.25. The molecule has 13 heavy (non-hydrogen) atoms. The van der Waals surface area contributed by atoms with Crippen LogP contribution in [0.2, 0.25) is 5.02 Å². The summed E-state index contributed by atoms with van der Waals surface area (Å²) in [6.45, 7) is 1.32. The van der Waals surface area contributed by atoms with Crippen LogP contribution in [0.15, 0.2) is 12.1 Å². The predicted molar refractivity (Wildman–Crippen MR) is 45.6 cm³/mol. The highest BCUT2D eigenvalue weighted by molar-refractivity contribution is 6.31. The van der Waals surface area contributed by atoms with Crippen molar-refractivity contribution < 1.29 is 13.2 Å². The number of halogens is 4. The van der Waals surface area contributed by atoms with Crippen molar-refractivity contribution in [3.05, 3.63) is 28.3 Å². The summed E-state index contributed by atoms with van der Waals surface area (Å²) in [5, 5.41) is 0.211. The van der Waals surface area contributed by atoms with E-state index in [1.54, 1.807) is 0 Å². The Morgan fingerprint density at radius 3 is 2.23 bits per heavy atom. The normalized spacial score (nSPS) is 11.8. The molecule has 0 aliphatic carbocycles. The standard InChI is InChI=1S/C8H7ClF3N/c1-4-2-5(9)3-6(13)7(4)8(10,11)12/h2-3H,13H2,1H3. The Kier molecular flexibility index (Phi) is 2.43. The molecule has 1 nitrogen and oxygen atoms in total. The number of aryl methyl sites for hydroxylation is 1. The van der Waals surface area contributed by atoms with Crippen molar-refractivity contribution >= 4 is 17.3 Å². The highest BCUT2D eigenvalue weighted by Crippen LogP contribution is 2.37. The quantitative estimate of drug-likeness (QED) is 0.652. The maximum atomic E-state index is 12.3. The molecule has 1 rings (SSSR count). The molecule has 5 heteroatoms.